The number of anilines is 3. The third-order valence-corrected chi connectivity index (χ3v) is 4.44. The predicted octanol–water partition coefficient (Wildman–Crippen LogP) is 3.24. The maximum absolute atomic E-state index is 11.8. The van der Waals surface area contributed by atoms with Gasteiger partial charge in [0.25, 0.3) is 0 Å². The first kappa shape index (κ1) is 16.8. The normalized spacial score (nSPS) is 10.8. The fourth-order valence-corrected chi connectivity index (χ4v) is 3.08. The van der Waals surface area contributed by atoms with E-state index in [1.54, 1.807) is 42.6 Å². The summed E-state index contributed by atoms with van der Waals surface area (Å²) in [6, 6.07) is 12.4. The van der Waals surface area contributed by atoms with Crippen molar-refractivity contribution in [3.05, 3.63) is 48.2 Å². The van der Waals surface area contributed by atoms with Crippen molar-refractivity contribution in [3.63, 3.8) is 0 Å². The van der Waals surface area contributed by atoms with Crippen molar-refractivity contribution in [2.75, 3.05) is 15.8 Å². The molecule has 0 aliphatic rings. The van der Waals surface area contributed by atoms with Gasteiger partial charge < -0.3 is 5.32 Å². The van der Waals surface area contributed by atoms with Crippen molar-refractivity contribution in [2.24, 2.45) is 0 Å². The van der Waals surface area contributed by atoms with Gasteiger partial charge in [-0.1, -0.05) is 13.3 Å². The average molecular weight is 330 g/mol. The van der Waals surface area contributed by atoms with Gasteiger partial charge >= 0.3 is 0 Å². The minimum absolute atomic E-state index is 0.0937. The Morgan fingerprint density at radius 1 is 1.13 bits per heavy atom. The lowest BCUT2D eigenvalue weighted by atomic mass is 10.2. The Morgan fingerprint density at radius 3 is 2.39 bits per heavy atom. The minimum atomic E-state index is -3.34. The second kappa shape index (κ2) is 7.61. The van der Waals surface area contributed by atoms with E-state index >= 15 is 0 Å². The molecule has 23 heavy (non-hydrogen) atoms. The van der Waals surface area contributed by atoms with Crippen LogP contribution in [0.1, 0.15) is 25.3 Å². The molecule has 0 aliphatic heterocycles. The van der Waals surface area contributed by atoms with E-state index in [0.29, 0.717) is 17.8 Å². The molecule has 0 aliphatic carbocycles. The van der Waals surface area contributed by atoms with Crippen molar-refractivity contribution < 1.29 is 8.42 Å². The highest BCUT2D eigenvalue weighted by Gasteiger charge is 2.10. The molecule has 2 aromatic rings. The summed E-state index contributed by atoms with van der Waals surface area (Å²) in [4.78, 5) is 4.10. The van der Waals surface area contributed by atoms with Gasteiger partial charge in [0.2, 0.25) is 10.0 Å². The van der Waals surface area contributed by atoms with Gasteiger partial charge in [-0.25, -0.2) is 13.4 Å². The Labute approximate surface area is 136 Å². The van der Waals surface area contributed by atoms with E-state index in [2.05, 4.69) is 21.1 Å². The lowest BCUT2D eigenvalue weighted by molar-refractivity contribution is 0.597. The smallest absolute Gasteiger partial charge is 0.233 e. The number of sulfonamides is 1. The van der Waals surface area contributed by atoms with Crippen molar-refractivity contribution in [2.45, 2.75) is 19.8 Å². The van der Waals surface area contributed by atoms with Gasteiger partial charge in [-0.3, -0.25) is 4.72 Å². The van der Waals surface area contributed by atoms with Crippen molar-refractivity contribution in [1.29, 1.82) is 5.26 Å². The largest absolute Gasteiger partial charge is 0.354 e. The third kappa shape index (κ3) is 5.27. The molecule has 0 unspecified atom stereocenters. The van der Waals surface area contributed by atoms with Crippen LogP contribution in [-0.4, -0.2) is 19.2 Å². The topological polar surface area (TPSA) is 94.9 Å². The second-order valence-electron chi connectivity index (χ2n) is 5.02. The number of nitrogens with zero attached hydrogens (tertiary/aromatic N) is 2. The molecule has 0 radical (unpaired) electrons. The van der Waals surface area contributed by atoms with E-state index in [4.69, 9.17) is 5.26 Å². The molecule has 0 spiro atoms. The highest BCUT2D eigenvalue weighted by atomic mass is 32.2. The molecule has 0 fully saturated rings. The van der Waals surface area contributed by atoms with Gasteiger partial charge in [-0.15, -0.1) is 0 Å². The lowest BCUT2D eigenvalue weighted by Gasteiger charge is -2.09. The lowest BCUT2D eigenvalue weighted by Crippen LogP contribution is -2.17. The van der Waals surface area contributed by atoms with E-state index in [1.807, 2.05) is 6.92 Å². The molecular formula is C16H18N4O2S. The van der Waals surface area contributed by atoms with Crippen LogP contribution in [0.15, 0.2) is 42.6 Å². The van der Waals surface area contributed by atoms with Crippen LogP contribution in [0.5, 0.6) is 0 Å². The minimum Gasteiger partial charge on any atom is -0.354 e. The van der Waals surface area contributed by atoms with E-state index in [0.717, 1.165) is 17.8 Å². The standard InChI is InChI=1S/C16H18N4O2S/c1-2-3-10-23(21,22)20-16-9-8-15(12-18-16)19-14-6-4-13(11-17)5-7-14/h4-9,12,19H,2-3,10H2,1H3,(H,18,20). The Hall–Kier alpha value is -2.59. The number of unbranched alkanes of at least 4 members (excludes halogenated alkanes) is 1. The van der Waals surface area contributed by atoms with Crippen LogP contribution >= 0.6 is 0 Å². The van der Waals surface area contributed by atoms with Crippen LogP contribution in [0.2, 0.25) is 0 Å². The van der Waals surface area contributed by atoms with Gasteiger partial charge in [-0.2, -0.15) is 5.26 Å². The quantitative estimate of drug-likeness (QED) is 0.812. The Bertz CT molecular complexity index is 778. The molecule has 2 N–H and O–H groups in total. The third-order valence-electron chi connectivity index (χ3n) is 3.09. The molecule has 1 aromatic heterocycles. The maximum atomic E-state index is 11.8. The first-order chi connectivity index (χ1) is 11.0. The zero-order valence-electron chi connectivity index (χ0n) is 12.8. The molecular weight excluding hydrogens is 312 g/mol. The number of rotatable bonds is 7. The van der Waals surface area contributed by atoms with Crippen molar-refractivity contribution in [3.8, 4) is 6.07 Å². The Balaban J connectivity index is 2.00. The molecule has 1 heterocycles. The molecule has 1 aromatic carbocycles. The molecule has 0 saturated carbocycles. The van der Waals surface area contributed by atoms with Crippen LogP contribution in [0.3, 0.4) is 0 Å². The fraction of sp³-hybridized carbons (Fsp3) is 0.250. The van der Waals surface area contributed by atoms with E-state index < -0.39 is 10.0 Å². The summed E-state index contributed by atoms with van der Waals surface area (Å²) in [6.07, 6.45) is 2.99. The first-order valence-electron chi connectivity index (χ1n) is 7.26. The summed E-state index contributed by atoms with van der Waals surface area (Å²) in [5.41, 5.74) is 2.14. The molecule has 120 valence electrons. The number of pyridine rings is 1. The van der Waals surface area contributed by atoms with E-state index in [-0.39, 0.29) is 5.75 Å². The molecule has 6 nitrogen and oxygen atoms in total. The summed E-state index contributed by atoms with van der Waals surface area (Å²) >= 11 is 0. The SMILES string of the molecule is CCCCS(=O)(=O)Nc1ccc(Nc2ccc(C#N)cc2)cn1. The molecule has 2 rings (SSSR count). The summed E-state index contributed by atoms with van der Waals surface area (Å²) in [5.74, 6) is 0.391. The highest BCUT2D eigenvalue weighted by Crippen LogP contribution is 2.18. The van der Waals surface area contributed by atoms with Crippen LogP contribution < -0.4 is 10.0 Å². The molecule has 0 atom stereocenters. The van der Waals surface area contributed by atoms with Crippen LogP contribution in [0, 0.1) is 11.3 Å². The summed E-state index contributed by atoms with van der Waals surface area (Å²) in [6.45, 7) is 1.94. The molecule has 0 bridgehead atoms. The van der Waals surface area contributed by atoms with Crippen molar-refractivity contribution in [1.82, 2.24) is 4.98 Å². The fourth-order valence-electron chi connectivity index (χ4n) is 1.87. The Morgan fingerprint density at radius 2 is 1.83 bits per heavy atom. The zero-order chi connectivity index (χ0) is 16.7. The molecule has 0 amide bonds. The van der Waals surface area contributed by atoms with Gasteiger partial charge in [0.15, 0.2) is 0 Å². The van der Waals surface area contributed by atoms with E-state index in [9.17, 15) is 8.42 Å². The van der Waals surface area contributed by atoms with E-state index in [1.165, 1.54) is 0 Å². The maximum Gasteiger partial charge on any atom is 0.233 e. The Kier molecular flexibility index (Phi) is 5.55. The highest BCUT2D eigenvalue weighted by molar-refractivity contribution is 7.92. The summed E-state index contributed by atoms with van der Waals surface area (Å²) < 4.78 is 26.1. The van der Waals surface area contributed by atoms with Crippen LogP contribution in [0.25, 0.3) is 0 Å². The van der Waals surface area contributed by atoms with Gasteiger partial charge in [0, 0.05) is 5.69 Å². The van der Waals surface area contributed by atoms with Gasteiger partial charge in [0.1, 0.15) is 5.82 Å². The number of hydrogen-bond acceptors (Lipinski definition) is 5. The summed E-state index contributed by atoms with van der Waals surface area (Å²) in [5, 5.41) is 11.9. The van der Waals surface area contributed by atoms with Crippen molar-refractivity contribution >= 4 is 27.2 Å². The number of nitrogens with one attached hydrogen (secondary N) is 2. The van der Waals surface area contributed by atoms with Gasteiger partial charge in [0.05, 0.1) is 29.3 Å². The summed E-state index contributed by atoms with van der Waals surface area (Å²) in [7, 11) is -3.34. The zero-order valence-corrected chi connectivity index (χ0v) is 13.6. The number of aromatic nitrogens is 1. The molecule has 0 saturated heterocycles. The average Bonchev–Trinajstić information content (AvgIpc) is 2.55. The number of hydrogen-bond donors (Lipinski definition) is 2. The van der Waals surface area contributed by atoms with Crippen LogP contribution in [-0.2, 0) is 10.0 Å². The number of benzene rings is 1. The second-order valence-corrected chi connectivity index (χ2v) is 6.86. The van der Waals surface area contributed by atoms with Crippen LogP contribution in [0.4, 0.5) is 17.2 Å². The predicted molar refractivity (Wildman–Crippen MR) is 91.0 cm³/mol. The number of nitriles is 1. The van der Waals surface area contributed by atoms with Gasteiger partial charge in [-0.05, 0) is 42.8 Å². The molecule has 7 heteroatoms. The monoisotopic (exact) mass is 330 g/mol. The first-order valence-corrected chi connectivity index (χ1v) is 8.91.